The zero-order valence-electron chi connectivity index (χ0n) is 10.0. The van der Waals surface area contributed by atoms with Crippen LogP contribution in [-0.2, 0) is 0 Å². The molecule has 0 aliphatic heterocycles. The second-order valence-electron chi connectivity index (χ2n) is 3.84. The van der Waals surface area contributed by atoms with E-state index in [1.165, 1.54) is 0 Å². The Kier molecular flexibility index (Phi) is 5.06. The van der Waals surface area contributed by atoms with Crippen LogP contribution in [0.4, 0.5) is 0 Å². The van der Waals surface area contributed by atoms with Crippen LogP contribution in [0, 0.1) is 0 Å². The molecule has 16 heavy (non-hydrogen) atoms. The smallest absolute Gasteiger partial charge is 0.119 e. The normalized spacial score (nSPS) is 11.9. The third-order valence-corrected chi connectivity index (χ3v) is 2.74. The number of aliphatic hydroxyl groups is 1. The second-order valence-corrected chi connectivity index (χ2v) is 3.84. The quantitative estimate of drug-likeness (QED) is 0.746. The van der Waals surface area contributed by atoms with Gasteiger partial charge in [-0.2, -0.15) is 0 Å². The number of rotatable bonds is 6. The molecule has 0 aliphatic rings. The van der Waals surface area contributed by atoms with E-state index in [1.54, 1.807) is 0 Å². The minimum absolute atomic E-state index is 0.492. The third kappa shape index (κ3) is 4.07. The molecule has 2 nitrogen and oxygen atoms in total. The molecule has 0 fully saturated rings. The fourth-order valence-corrected chi connectivity index (χ4v) is 1.41. The molecule has 1 N–H and O–H groups in total. The maximum Gasteiger partial charge on any atom is 0.119 e. The van der Waals surface area contributed by atoms with Crippen LogP contribution < -0.4 is 4.74 Å². The molecule has 0 radical (unpaired) electrons. The van der Waals surface area contributed by atoms with Gasteiger partial charge in [-0.05, 0) is 31.1 Å². The van der Waals surface area contributed by atoms with E-state index in [2.05, 4.69) is 0 Å². The van der Waals surface area contributed by atoms with E-state index in [1.807, 2.05) is 56.3 Å². The predicted molar refractivity (Wildman–Crippen MR) is 66.6 cm³/mol. The molecule has 0 unspecified atom stereocenters. The summed E-state index contributed by atoms with van der Waals surface area (Å²) in [6.07, 6.45) is 5.16. The first-order chi connectivity index (χ1) is 7.70. The van der Waals surface area contributed by atoms with Crippen molar-refractivity contribution in [1.82, 2.24) is 0 Å². The Labute approximate surface area is 97.6 Å². The van der Waals surface area contributed by atoms with Gasteiger partial charge >= 0.3 is 0 Å². The summed E-state index contributed by atoms with van der Waals surface area (Å²) in [7, 11) is 0. The summed E-state index contributed by atoms with van der Waals surface area (Å²) in [6, 6.07) is 9.66. The lowest BCUT2D eigenvalue weighted by atomic mass is 9.97. The molecular weight excluding hydrogens is 200 g/mol. The van der Waals surface area contributed by atoms with Crippen LogP contribution in [0.1, 0.15) is 26.7 Å². The van der Waals surface area contributed by atoms with Crippen LogP contribution >= 0.6 is 0 Å². The summed E-state index contributed by atoms with van der Waals surface area (Å²) < 4.78 is 5.49. The standard InChI is InChI=1S/C14H20O2/c1-3-14(15,4-2)11-8-12-16-13-9-6-5-7-10-13/h5-11,15H,3-4,12H2,1-2H3/b11-8-. The topological polar surface area (TPSA) is 29.5 Å². The zero-order chi connectivity index (χ0) is 11.9. The molecule has 2 heteroatoms. The van der Waals surface area contributed by atoms with Crippen LogP contribution in [0.3, 0.4) is 0 Å². The highest BCUT2D eigenvalue weighted by atomic mass is 16.5. The molecule has 1 aromatic carbocycles. The Hall–Kier alpha value is -1.28. The van der Waals surface area contributed by atoms with Gasteiger partial charge in [-0.1, -0.05) is 38.1 Å². The van der Waals surface area contributed by atoms with Crippen molar-refractivity contribution in [2.75, 3.05) is 6.61 Å². The van der Waals surface area contributed by atoms with E-state index in [9.17, 15) is 5.11 Å². The van der Waals surface area contributed by atoms with Crippen molar-refractivity contribution in [1.29, 1.82) is 0 Å². The highest BCUT2D eigenvalue weighted by Gasteiger charge is 2.16. The minimum Gasteiger partial charge on any atom is -0.490 e. The average molecular weight is 220 g/mol. The monoisotopic (exact) mass is 220 g/mol. The van der Waals surface area contributed by atoms with Crippen molar-refractivity contribution < 1.29 is 9.84 Å². The summed E-state index contributed by atoms with van der Waals surface area (Å²) in [5.74, 6) is 0.851. The molecule has 0 saturated carbocycles. The number of hydrogen-bond donors (Lipinski definition) is 1. The Morgan fingerprint density at radius 2 is 1.81 bits per heavy atom. The van der Waals surface area contributed by atoms with Gasteiger partial charge in [-0.3, -0.25) is 0 Å². The van der Waals surface area contributed by atoms with Crippen LogP contribution in [0.5, 0.6) is 5.75 Å². The van der Waals surface area contributed by atoms with Crippen molar-refractivity contribution in [2.24, 2.45) is 0 Å². The molecule has 88 valence electrons. The minimum atomic E-state index is -0.681. The van der Waals surface area contributed by atoms with Crippen LogP contribution in [0.15, 0.2) is 42.5 Å². The fourth-order valence-electron chi connectivity index (χ4n) is 1.41. The first-order valence-electron chi connectivity index (χ1n) is 5.78. The van der Waals surface area contributed by atoms with Gasteiger partial charge in [0.25, 0.3) is 0 Å². The molecule has 0 bridgehead atoms. The van der Waals surface area contributed by atoms with E-state index in [-0.39, 0.29) is 0 Å². The van der Waals surface area contributed by atoms with Gasteiger partial charge < -0.3 is 9.84 Å². The Morgan fingerprint density at radius 3 is 2.38 bits per heavy atom. The van der Waals surface area contributed by atoms with Crippen LogP contribution in [0.25, 0.3) is 0 Å². The third-order valence-electron chi connectivity index (χ3n) is 2.74. The molecule has 0 aromatic heterocycles. The van der Waals surface area contributed by atoms with Crippen molar-refractivity contribution in [2.45, 2.75) is 32.3 Å². The first-order valence-corrected chi connectivity index (χ1v) is 5.78. The molecule has 0 aliphatic carbocycles. The second kappa shape index (κ2) is 6.33. The lowest BCUT2D eigenvalue weighted by Crippen LogP contribution is -2.23. The van der Waals surface area contributed by atoms with Gasteiger partial charge in [-0.15, -0.1) is 0 Å². The van der Waals surface area contributed by atoms with Gasteiger partial charge in [0.2, 0.25) is 0 Å². The Morgan fingerprint density at radius 1 is 1.19 bits per heavy atom. The average Bonchev–Trinajstić information content (AvgIpc) is 2.36. The number of para-hydroxylation sites is 1. The van der Waals surface area contributed by atoms with Crippen molar-refractivity contribution in [3.8, 4) is 5.75 Å². The fraction of sp³-hybridized carbons (Fsp3) is 0.429. The summed E-state index contributed by atoms with van der Waals surface area (Å²) in [6.45, 7) is 4.45. The summed E-state index contributed by atoms with van der Waals surface area (Å²) in [4.78, 5) is 0. The molecular formula is C14H20O2. The lowest BCUT2D eigenvalue weighted by Gasteiger charge is -2.20. The largest absolute Gasteiger partial charge is 0.490 e. The molecule has 0 atom stereocenters. The van der Waals surface area contributed by atoms with Gasteiger partial charge in [0.1, 0.15) is 12.4 Å². The van der Waals surface area contributed by atoms with Gasteiger partial charge in [-0.25, -0.2) is 0 Å². The van der Waals surface area contributed by atoms with Crippen molar-refractivity contribution >= 4 is 0 Å². The summed E-state index contributed by atoms with van der Waals surface area (Å²) in [5.41, 5.74) is -0.681. The predicted octanol–water partition coefficient (Wildman–Crippen LogP) is 3.17. The Bertz CT molecular complexity index is 313. The maximum absolute atomic E-state index is 9.98. The first kappa shape index (κ1) is 12.8. The molecule has 0 spiro atoms. The number of benzene rings is 1. The molecule has 1 rings (SSSR count). The van der Waals surface area contributed by atoms with E-state index < -0.39 is 5.60 Å². The van der Waals surface area contributed by atoms with Crippen LogP contribution in [0.2, 0.25) is 0 Å². The van der Waals surface area contributed by atoms with Crippen molar-refractivity contribution in [3.63, 3.8) is 0 Å². The van der Waals surface area contributed by atoms with E-state index in [0.717, 1.165) is 18.6 Å². The summed E-state index contributed by atoms with van der Waals surface area (Å²) in [5, 5.41) is 9.98. The van der Waals surface area contributed by atoms with Gasteiger partial charge in [0.15, 0.2) is 0 Å². The maximum atomic E-state index is 9.98. The highest BCUT2D eigenvalue weighted by molar-refractivity contribution is 5.21. The zero-order valence-corrected chi connectivity index (χ0v) is 10.0. The van der Waals surface area contributed by atoms with E-state index in [4.69, 9.17) is 4.74 Å². The van der Waals surface area contributed by atoms with Gasteiger partial charge in [0, 0.05) is 0 Å². The number of hydrogen-bond acceptors (Lipinski definition) is 2. The SMILES string of the molecule is CCC(O)(/C=C\COc1ccccc1)CC. The number of ether oxygens (including phenoxy) is 1. The van der Waals surface area contributed by atoms with E-state index in [0.29, 0.717) is 6.61 Å². The van der Waals surface area contributed by atoms with Crippen molar-refractivity contribution in [3.05, 3.63) is 42.5 Å². The van der Waals surface area contributed by atoms with E-state index >= 15 is 0 Å². The molecule has 0 saturated heterocycles. The highest BCUT2D eigenvalue weighted by Crippen LogP contribution is 2.16. The summed E-state index contributed by atoms with van der Waals surface area (Å²) >= 11 is 0. The molecule has 1 aromatic rings. The lowest BCUT2D eigenvalue weighted by molar-refractivity contribution is 0.0822. The molecule has 0 heterocycles. The van der Waals surface area contributed by atoms with Crippen LogP contribution in [-0.4, -0.2) is 17.3 Å². The molecule has 0 amide bonds. The Balaban J connectivity index is 2.38. The van der Waals surface area contributed by atoms with Gasteiger partial charge in [0.05, 0.1) is 5.60 Å².